The summed E-state index contributed by atoms with van der Waals surface area (Å²) < 4.78 is 40.8. The number of hydrogen-bond donors (Lipinski definition) is 11. The Bertz CT molecular complexity index is 2000. The number of amides is 7. The summed E-state index contributed by atoms with van der Waals surface area (Å²) in [4.78, 5) is 108. The standard InChI is InChI=1S/C42H60F3N11O9/c1-22(2)18-31(55-37(62)29(46)20-27-14-9-10-15-28(27)42(43,44)45)40(65)56-32(19-26-12-7-6-8-13-26)39(64)53-24(4)35(60)51-25(5)36(61)54-30(16-11-17-49-41(47)48)38(63)52-23(3)34(59)50-21-33(57)58/h6-10,12-15,22-25,29-32H,11,16-21,46H2,1-5H3,(H,50,59)(H,51,60)(H,52,63)(H,53,64)(H,54,61)(H,55,62)(H,56,65)(H,57,58)(H4,47,48,49)/t23-,24-,25-,29-,30-,31-,32-/m0/s1. The van der Waals surface area contributed by atoms with Crippen LogP contribution in [0.15, 0.2) is 59.6 Å². The number of aliphatic carboxylic acids is 1. The van der Waals surface area contributed by atoms with Crippen LogP contribution in [0.5, 0.6) is 0 Å². The lowest BCUT2D eigenvalue weighted by Gasteiger charge is -2.26. The summed E-state index contributed by atoms with van der Waals surface area (Å²) in [5.74, 6) is -7.51. The van der Waals surface area contributed by atoms with Crippen LogP contribution in [0.25, 0.3) is 0 Å². The summed E-state index contributed by atoms with van der Waals surface area (Å²) >= 11 is 0. The first-order chi connectivity index (χ1) is 30.4. The highest BCUT2D eigenvalue weighted by atomic mass is 19.4. The first kappa shape index (κ1) is 54.4. The van der Waals surface area contributed by atoms with Crippen LogP contribution in [0.2, 0.25) is 0 Å². The van der Waals surface area contributed by atoms with E-state index in [0.717, 1.165) is 6.07 Å². The average Bonchev–Trinajstić information content (AvgIpc) is 3.22. The molecule has 2 rings (SSSR count). The van der Waals surface area contributed by atoms with Gasteiger partial charge in [0.2, 0.25) is 41.4 Å². The van der Waals surface area contributed by atoms with Crippen molar-refractivity contribution in [2.24, 2.45) is 28.1 Å². The number of guanidine groups is 1. The quantitative estimate of drug-likeness (QED) is 0.0328. The summed E-state index contributed by atoms with van der Waals surface area (Å²) in [6.07, 6.45) is -5.02. The maximum atomic E-state index is 13.8. The minimum absolute atomic E-state index is 0.0233. The number of carboxylic acids is 1. The van der Waals surface area contributed by atoms with Gasteiger partial charge in [0, 0.05) is 13.0 Å². The molecule has 23 heteroatoms. The summed E-state index contributed by atoms with van der Waals surface area (Å²) in [5, 5.41) is 26.0. The number of aliphatic imine (C=N–C) groups is 1. The number of hydrogen-bond acceptors (Lipinski definition) is 10. The maximum absolute atomic E-state index is 13.8. The van der Waals surface area contributed by atoms with Crippen LogP contribution >= 0.6 is 0 Å². The maximum Gasteiger partial charge on any atom is 0.416 e. The van der Waals surface area contributed by atoms with Crippen LogP contribution in [0.1, 0.15) is 70.6 Å². The number of carboxylic acid groups (broad SMARTS) is 1. The van der Waals surface area contributed by atoms with E-state index in [0.29, 0.717) is 5.56 Å². The van der Waals surface area contributed by atoms with E-state index < -0.39 is 114 Å². The molecule has 0 saturated carbocycles. The highest BCUT2D eigenvalue weighted by Gasteiger charge is 2.35. The van der Waals surface area contributed by atoms with Gasteiger partial charge in [-0.05, 0) is 69.6 Å². The highest BCUT2D eigenvalue weighted by molar-refractivity contribution is 5.97. The van der Waals surface area contributed by atoms with E-state index in [9.17, 15) is 51.5 Å². The molecule has 65 heavy (non-hydrogen) atoms. The molecule has 0 heterocycles. The van der Waals surface area contributed by atoms with Crippen LogP contribution in [-0.2, 0) is 57.4 Å². The Hall–Kier alpha value is -6.78. The number of carbonyl (C=O) groups excluding carboxylic acids is 7. The van der Waals surface area contributed by atoms with Crippen LogP contribution in [0, 0.1) is 5.92 Å². The van der Waals surface area contributed by atoms with E-state index in [1.807, 2.05) is 0 Å². The predicted octanol–water partition coefficient (Wildman–Crippen LogP) is -0.913. The van der Waals surface area contributed by atoms with E-state index in [-0.39, 0.29) is 49.7 Å². The third-order valence-corrected chi connectivity index (χ3v) is 9.60. The minimum atomic E-state index is -4.69. The van der Waals surface area contributed by atoms with Crippen LogP contribution in [0.3, 0.4) is 0 Å². The fraction of sp³-hybridized carbons (Fsp3) is 0.500. The highest BCUT2D eigenvalue weighted by Crippen LogP contribution is 2.32. The van der Waals surface area contributed by atoms with Gasteiger partial charge in [-0.1, -0.05) is 62.4 Å². The lowest BCUT2D eigenvalue weighted by molar-refractivity contribution is -0.139. The Labute approximate surface area is 374 Å². The van der Waals surface area contributed by atoms with Gasteiger partial charge in [0.25, 0.3) is 0 Å². The Morgan fingerprint density at radius 1 is 0.631 bits per heavy atom. The molecule has 0 saturated heterocycles. The Morgan fingerprint density at radius 2 is 1.12 bits per heavy atom. The van der Waals surface area contributed by atoms with Crippen molar-refractivity contribution < 1.29 is 56.6 Å². The van der Waals surface area contributed by atoms with E-state index in [4.69, 9.17) is 22.3 Å². The molecule has 0 bridgehead atoms. The largest absolute Gasteiger partial charge is 0.480 e. The number of halogens is 3. The number of nitrogens with one attached hydrogen (secondary N) is 7. The molecule has 2 aromatic rings. The minimum Gasteiger partial charge on any atom is -0.480 e. The predicted molar refractivity (Wildman–Crippen MR) is 232 cm³/mol. The molecule has 0 unspecified atom stereocenters. The van der Waals surface area contributed by atoms with Gasteiger partial charge in [-0.25, -0.2) is 0 Å². The second-order valence-corrected chi connectivity index (χ2v) is 15.7. The summed E-state index contributed by atoms with van der Waals surface area (Å²) in [6.45, 7) is 6.84. The van der Waals surface area contributed by atoms with E-state index in [1.165, 1.54) is 39.0 Å². The molecule has 7 atom stereocenters. The van der Waals surface area contributed by atoms with Gasteiger partial charge < -0.3 is 59.5 Å². The zero-order chi connectivity index (χ0) is 49.0. The molecule has 7 amide bonds. The van der Waals surface area contributed by atoms with E-state index in [2.05, 4.69) is 42.2 Å². The molecular weight excluding hydrogens is 860 g/mol. The number of nitrogens with zero attached hydrogens (tertiary/aromatic N) is 1. The molecule has 0 aromatic heterocycles. The third kappa shape index (κ3) is 19.7. The molecule has 0 aliphatic rings. The summed E-state index contributed by atoms with van der Waals surface area (Å²) in [6, 6.07) is 4.06. The van der Waals surface area contributed by atoms with E-state index >= 15 is 0 Å². The number of benzene rings is 2. The zero-order valence-electron chi connectivity index (χ0n) is 36.8. The summed E-state index contributed by atoms with van der Waals surface area (Å²) in [5.41, 5.74) is 16.2. The number of carbonyl (C=O) groups is 8. The van der Waals surface area contributed by atoms with Crippen molar-refractivity contribution in [1.29, 1.82) is 0 Å². The number of rotatable bonds is 25. The molecule has 0 aliphatic heterocycles. The first-order valence-corrected chi connectivity index (χ1v) is 20.7. The average molecular weight is 920 g/mol. The van der Waals surface area contributed by atoms with Crippen molar-refractivity contribution in [3.05, 3.63) is 71.3 Å². The molecule has 0 radical (unpaired) electrons. The molecule has 0 aliphatic carbocycles. The molecule has 0 spiro atoms. The second kappa shape index (κ2) is 26.1. The molecule has 20 nitrogen and oxygen atoms in total. The molecule has 2 aromatic carbocycles. The topological polar surface area (TPSA) is 331 Å². The van der Waals surface area contributed by atoms with Crippen molar-refractivity contribution in [2.75, 3.05) is 13.1 Å². The molecular formula is C42H60F3N11O9. The second-order valence-electron chi connectivity index (χ2n) is 15.7. The Kier molecular flexibility index (Phi) is 21.8. The number of nitrogens with two attached hydrogens (primary N) is 3. The normalized spacial score (nSPS) is 14.4. The fourth-order valence-electron chi connectivity index (χ4n) is 6.17. The van der Waals surface area contributed by atoms with Crippen molar-refractivity contribution in [3.63, 3.8) is 0 Å². The van der Waals surface area contributed by atoms with Gasteiger partial charge in [0.1, 0.15) is 42.8 Å². The van der Waals surface area contributed by atoms with E-state index in [1.54, 1.807) is 44.2 Å². The van der Waals surface area contributed by atoms with Crippen LogP contribution in [-0.4, -0.2) is 114 Å². The van der Waals surface area contributed by atoms with Gasteiger partial charge in [0.05, 0.1) is 11.6 Å². The van der Waals surface area contributed by atoms with Crippen molar-refractivity contribution in [3.8, 4) is 0 Å². The smallest absolute Gasteiger partial charge is 0.416 e. The van der Waals surface area contributed by atoms with Gasteiger partial charge in [-0.3, -0.25) is 43.3 Å². The van der Waals surface area contributed by atoms with Crippen LogP contribution in [0.4, 0.5) is 13.2 Å². The fourth-order valence-corrected chi connectivity index (χ4v) is 6.17. The van der Waals surface area contributed by atoms with Gasteiger partial charge in [-0.2, -0.15) is 13.2 Å². The van der Waals surface area contributed by atoms with Crippen molar-refractivity contribution >= 4 is 53.3 Å². The van der Waals surface area contributed by atoms with Gasteiger partial charge in [-0.15, -0.1) is 0 Å². The monoisotopic (exact) mass is 919 g/mol. The van der Waals surface area contributed by atoms with Crippen molar-refractivity contribution in [2.45, 2.75) is 115 Å². The lowest BCUT2D eigenvalue weighted by Crippen LogP contribution is -2.59. The SMILES string of the molecule is CC(C)C[C@H](NC(=O)[C@@H](N)Cc1ccccc1C(F)(F)F)C(=O)N[C@@H](Cc1ccccc1)C(=O)N[C@@H](C)C(=O)N[C@@H](C)C(=O)N[C@@H](CCCN=C(N)N)C(=O)N[C@@H](C)C(=O)NCC(=O)O. The molecule has 0 fully saturated rings. The van der Waals surface area contributed by atoms with Gasteiger partial charge in [0.15, 0.2) is 5.96 Å². The zero-order valence-corrected chi connectivity index (χ0v) is 36.8. The Balaban J connectivity index is 2.20. The third-order valence-electron chi connectivity index (χ3n) is 9.60. The molecule has 14 N–H and O–H groups in total. The lowest BCUT2D eigenvalue weighted by atomic mass is 9.98. The molecule has 358 valence electrons. The number of alkyl halides is 3. The Morgan fingerprint density at radius 3 is 1.69 bits per heavy atom. The van der Waals surface area contributed by atoms with Crippen molar-refractivity contribution in [1.82, 2.24) is 37.2 Å². The first-order valence-electron chi connectivity index (χ1n) is 20.7. The summed E-state index contributed by atoms with van der Waals surface area (Å²) in [7, 11) is 0. The van der Waals surface area contributed by atoms with Crippen LogP contribution < -0.4 is 54.4 Å². The van der Waals surface area contributed by atoms with Gasteiger partial charge >= 0.3 is 12.1 Å².